The van der Waals surface area contributed by atoms with Gasteiger partial charge < -0.3 is 24.4 Å². The molecule has 0 radical (unpaired) electrons. The molecule has 170 valence electrons. The van der Waals surface area contributed by atoms with Gasteiger partial charge in [-0.1, -0.05) is 6.07 Å². The molecule has 0 amide bonds. The highest BCUT2D eigenvalue weighted by molar-refractivity contribution is 7.80. The number of fused-ring (bicyclic) bond motifs is 1. The van der Waals surface area contributed by atoms with Gasteiger partial charge in [0.1, 0.15) is 11.5 Å². The number of pyridine rings is 1. The van der Waals surface area contributed by atoms with Crippen LogP contribution in [0.1, 0.15) is 29.4 Å². The molecule has 0 aliphatic carbocycles. The van der Waals surface area contributed by atoms with Gasteiger partial charge in [-0.2, -0.15) is 0 Å². The van der Waals surface area contributed by atoms with E-state index >= 15 is 0 Å². The summed E-state index contributed by atoms with van der Waals surface area (Å²) in [5.41, 5.74) is 4.43. The minimum Gasteiger partial charge on any atom is -0.494 e. The van der Waals surface area contributed by atoms with Crippen molar-refractivity contribution in [3.63, 3.8) is 0 Å². The summed E-state index contributed by atoms with van der Waals surface area (Å²) < 4.78 is 11.1. The number of thiocarbonyl (C=S) groups is 1. The zero-order chi connectivity index (χ0) is 23.4. The molecule has 0 saturated carbocycles. The first kappa shape index (κ1) is 22.6. The lowest BCUT2D eigenvalue weighted by Gasteiger charge is -2.25. The van der Waals surface area contributed by atoms with Crippen LogP contribution >= 0.6 is 12.2 Å². The van der Waals surface area contributed by atoms with Crippen LogP contribution in [0.4, 0.5) is 5.69 Å². The Morgan fingerprint density at radius 1 is 1.12 bits per heavy atom. The van der Waals surface area contributed by atoms with Crippen molar-refractivity contribution in [3.05, 3.63) is 93.7 Å². The molecule has 4 rings (SSSR count). The first-order valence-corrected chi connectivity index (χ1v) is 11.3. The normalized spacial score (nSPS) is 10.9. The predicted molar refractivity (Wildman–Crippen MR) is 136 cm³/mol. The summed E-state index contributed by atoms with van der Waals surface area (Å²) in [6.45, 7) is 7.40. The Labute approximate surface area is 198 Å². The number of aromatic nitrogens is 1. The minimum atomic E-state index is -0.124. The van der Waals surface area contributed by atoms with Crippen molar-refractivity contribution < 1.29 is 9.15 Å². The predicted octanol–water partition coefficient (Wildman–Crippen LogP) is 5.54. The van der Waals surface area contributed by atoms with Crippen molar-refractivity contribution in [2.75, 3.05) is 11.9 Å². The number of benzene rings is 2. The molecule has 0 aliphatic rings. The molecular weight excluding hydrogens is 434 g/mol. The van der Waals surface area contributed by atoms with E-state index in [1.54, 1.807) is 6.26 Å². The molecule has 0 spiro atoms. The van der Waals surface area contributed by atoms with E-state index in [-0.39, 0.29) is 5.56 Å². The fraction of sp³-hybridized carbons (Fsp3) is 0.231. The lowest BCUT2D eigenvalue weighted by atomic mass is 10.0. The van der Waals surface area contributed by atoms with Crippen molar-refractivity contribution in [1.82, 2.24) is 9.88 Å². The van der Waals surface area contributed by atoms with Crippen LogP contribution in [0.5, 0.6) is 5.75 Å². The van der Waals surface area contributed by atoms with Gasteiger partial charge >= 0.3 is 0 Å². The van der Waals surface area contributed by atoms with E-state index in [4.69, 9.17) is 21.4 Å². The van der Waals surface area contributed by atoms with Crippen LogP contribution in [0.25, 0.3) is 10.9 Å². The fourth-order valence-electron chi connectivity index (χ4n) is 3.83. The number of anilines is 1. The van der Waals surface area contributed by atoms with Gasteiger partial charge in [0, 0.05) is 22.2 Å². The van der Waals surface area contributed by atoms with Crippen molar-refractivity contribution in [3.8, 4) is 5.75 Å². The van der Waals surface area contributed by atoms with Gasteiger partial charge in [-0.15, -0.1) is 0 Å². The molecular formula is C26H27N3O3S. The zero-order valence-electron chi connectivity index (χ0n) is 19.0. The van der Waals surface area contributed by atoms with Crippen molar-refractivity contribution >= 4 is 33.9 Å². The molecule has 4 aromatic rings. The van der Waals surface area contributed by atoms with Crippen molar-refractivity contribution in [2.24, 2.45) is 0 Å². The van der Waals surface area contributed by atoms with Crippen LogP contribution in [-0.4, -0.2) is 21.6 Å². The number of ether oxygens (including phenoxy) is 1. The van der Waals surface area contributed by atoms with Crippen molar-refractivity contribution in [1.29, 1.82) is 0 Å². The number of furan rings is 1. The molecule has 6 nitrogen and oxygen atoms in total. The molecule has 33 heavy (non-hydrogen) atoms. The third kappa shape index (κ3) is 5.43. The quantitative estimate of drug-likeness (QED) is 0.352. The van der Waals surface area contributed by atoms with E-state index in [1.807, 2.05) is 67.3 Å². The van der Waals surface area contributed by atoms with E-state index < -0.39 is 0 Å². The van der Waals surface area contributed by atoms with Gasteiger partial charge in [-0.3, -0.25) is 4.79 Å². The lowest BCUT2D eigenvalue weighted by molar-refractivity contribution is 0.340. The summed E-state index contributed by atoms with van der Waals surface area (Å²) in [4.78, 5) is 17.8. The number of nitrogens with one attached hydrogen (secondary N) is 2. The minimum absolute atomic E-state index is 0.124. The largest absolute Gasteiger partial charge is 0.494 e. The van der Waals surface area contributed by atoms with E-state index in [0.29, 0.717) is 30.4 Å². The first-order valence-electron chi connectivity index (χ1n) is 10.9. The maximum Gasteiger partial charge on any atom is 0.253 e. The molecule has 0 bridgehead atoms. The Hall–Kier alpha value is -3.58. The number of nitrogens with zero attached hydrogens (tertiary/aromatic N) is 1. The molecule has 2 aromatic heterocycles. The number of H-pyrrole nitrogens is 1. The van der Waals surface area contributed by atoms with E-state index in [0.717, 1.165) is 39.2 Å². The first-order chi connectivity index (χ1) is 15.9. The van der Waals surface area contributed by atoms with Crippen LogP contribution in [0.2, 0.25) is 0 Å². The molecule has 0 fully saturated rings. The van der Waals surface area contributed by atoms with Gasteiger partial charge in [0.05, 0.1) is 26.0 Å². The lowest BCUT2D eigenvalue weighted by Crippen LogP contribution is -2.35. The summed E-state index contributed by atoms with van der Waals surface area (Å²) >= 11 is 5.73. The van der Waals surface area contributed by atoms with E-state index in [1.165, 1.54) is 0 Å². The average molecular weight is 462 g/mol. The molecule has 2 N–H and O–H groups in total. The SMILES string of the molecule is CCOc1ccc(NC(=S)N(Cc2ccco2)Cc2cc3c(C)cc(C)cc3[nH]c2=O)cc1. The highest BCUT2D eigenvalue weighted by atomic mass is 32.1. The second kappa shape index (κ2) is 9.92. The summed E-state index contributed by atoms with van der Waals surface area (Å²) in [6.07, 6.45) is 1.63. The molecule has 0 saturated heterocycles. The maximum atomic E-state index is 12.9. The monoisotopic (exact) mass is 461 g/mol. The topological polar surface area (TPSA) is 70.5 Å². The second-order valence-electron chi connectivity index (χ2n) is 7.99. The number of hydrogen-bond donors (Lipinski definition) is 2. The van der Waals surface area contributed by atoms with Gasteiger partial charge in [0.2, 0.25) is 0 Å². The van der Waals surface area contributed by atoms with Crippen LogP contribution in [0.3, 0.4) is 0 Å². The summed E-state index contributed by atoms with van der Waals surface area (Å²) in [7, 11) is 0. The Balaban J connectivity index is 1.61. The molecule has 0 unspecified atom stereocenters. The van der Waals surface area contributed by atoms with Crippen LogP contribution in [0.15, 0.2) is 70.1 Å². The number of aromatic amines is 1. The summed E-state index contributed by atoms with van der Waals surface area (Å²) in [5, 5.41) is 4.79. The van der Waals surface area contributed by atoms with Gasteiger partial charge in [0.25, 0.3) is 5.56 Å². The van der Waals surface area contributed by atoms with Gasteiger partial charge in [0.15, 0.2) is 5.11 Å². The molecule has 0 aliphatic heterocycles. The Kier molecular flexibility index (Phi) is 6.79. The Morgan fingerprint density at radius 2 is 1.91 bits per heavy atom. The highest BCUT2D eigenvalue weighted by Crippen LogP contribution is 2.21. The third-order valence-electron chi connectivity index (χ3n) is 5.38. The van der Waals surface area contributed by atoms with Crippen LogP contribution in [-0.2, 0) is 13.1 Å². The summed E-state index contributed by atoms with van der Waals surface area (Å²) in [5.74, 6) is 1.56. The average Bonchev–Trinajstić information content (AvgIpc) is 3.29. The number of aryl methyl sites for hydroxylation is 2. The van der Waals surface area contributed by atoms with Gasteiger partial charge in [-0.05, 0) is 92.6 Å². The van der Waals surface area contributed by atoms with Gasteiger partial charge in [-0.25, -0.2) is 0 Å². The Morgan fingerprint density at radius 3 is 2.61 bits per heavy atom. The molecule has 2 aromatic carbocycles. The maximum absolute atomic E-state index is 12.9. The Bertz CT molecular complexity index is 1310. The van der Waals surface area contributed by atoms with Crippen LogP contribution in [0, 0.1) is 13.8 Å². The van der Waals surface area contributed by atoms with E-state index in [2.05, 4.69) is 23.3 Å². The number of hydrogen-bond acceptors (Lipinski definition) is 4. The number of rotatable bonds is 7. The zero-order valence-corrected chi connectivity index (χ0v) is 19.8. The summed E-state index contributed by atoms with van der Waals surface area (Å²) in [6, 6.07) is 17.4. The fourth-order valence-corrected chi connectivity index (χ4v) is 4.08. The third-order valence-corrected chi connectivity index (χ3v) is 5.74. The molecule has 2 heterocycles. The standard InChI is InChI=1S/C26H27N3O3S/c1-4-31-21-9-7-20(8-10-21)27-26(33)29(16-22-6-5-11-32-22)15-19-14-23-18(3)12-17(2)13-24(23)28-25(19)30/h5-14H,4,15-16H2,1-3H3,(H,27,33)(H,28,30). The second-order valence-corrected chi connectivity index (χ2v) is 8.38. The smallest absolute Gasteiger partial charge is 0.253 e. The molecule has 0 atom stereocenters. The van der Waals surface area contributed by atoms with Crippen LogP contribution < -0.4 is 15.6 Å². The van der Waals surface area contributed by atoms with E-state index in [9.17, 15) is 4.79 Å². The van der Waals surface area contributed by atoms with Crippen molar-refractivity contribution in [2.45, 2.75) is 33.9 Å². The molecule has 7 heteroatoms. The highest BCUT2D eigenvalue weighted by Gasteiger charge is 2.16.